The van der Waals surface area contributed by atoms with Crippen LogP contribution in [0.4, 0.5) is 0 Å². The molecule has 2 aromatic heterocycles. The fourth-order valence-corrected chi connectivity index (χ4v) is 3.48. The first-order valence-electron chi connectivity index (χ1n) is 8.05. The summed E-state index contributed by atoms with van der Waals surface area (Å²) in [5.41, 5.74) is 4.38. The molecule has 2 N–H and O–H groups in total. The number of fused-ring (bicyclic) bond motifs is 1. The zero-order valence-corrected chi connectivity index (χ0v) is 14.9. The summed E-state index contributed by atoms with van der Waals surface area (Å²) in [5, 5.41) is 8.59. The Balaban J connectivity index is 1.85. The highest BCUT2D eigenvalue weighted by molar-refractivity contribution is 7.71. The molecule has 0 aliphatic carbocycles. The molecule has 0 saturated carbocycles. The number of ether oxygens (including phenoxy) is 1. The van der Waals surface area contributed by atoms with Crippen molar-refractivity contribution in [3.8, 4) is 11.4 Å². The van der Waals surface area contributed by atoms with Crippen molar-refractivity contribution >= 4 is 23.1 Å². The third kappa shape index (κ3) is 2.64. The molecular weight excluding hydrogens is 332 g/mol. The van der Waals surface area contributed by atoms with E-state index in [2.05, 4.69) is 40.3 Å². The van der Waals surface area contributed by atoms with E-state index in [0.29, 0.717) is 11.2 Å². The van der Waals surface area contributed by atoms with Gasteiger partial charge >= 0.3 is 0 Å². The van der Waals surface area contributed by atoms with Gasteiger partial charge in [-0.15, -0.1) is 0 Å². The Hall–Kier alpha value is -2.86. The molecule has 25 heavy (non-hydrogen) atoms. The Morgan fingerprint density at radius 2 is 1.88 bits per heavy atom. The Morgan fingerprint density at radius 3 is 2.72 bits per heavy atom. The summed E-state index contributed by atoms with van der Waals surface area (Å²) in [5.74, 6) is 1.61. The lowest BCUT2D eigenvalue weighted by molar-refractivity contribution is 0.412. The van der Waals surface area contributed by atoms with Gasteiger partial charge in [-0.3, -0.25) is 9.67 Å². The first kappa shape index (κ1) is 15.7. The maximum Gasteiger partial charge on any atom is 0.200 e. The van der Waals surface area contributed by atoms with Crippen molar-refractivity contribution in [2.45, 2.75) is 13.3 Å². The van der Waals surface area contributed by atoms with Crippen LogP contribution in [0.2, 0.25) is 0 Å². The zero-order chi connectivity index (χ0) is 17.4. The van der Waals surface area contributed by atoms with Gasteiger partial charge in [-0.05, 0) is 42.9 Å². The summed E-state index contributed by atoms with van der Waals surface area (Å²) >= 11 is 5.47. The smallest absolute Gasteiger partial charge is 0.200 e. The van der Waals surface area contributed by atoms with Crippen molar-refractivity contribution in [2.24, 2.45) is 0 Å². The molecule has 6 heteroatoms. The molecule has 0 unspecified atom stereocenters. The minimum absolute atomic E-state index is 0.553. The van der Waals surface area contributed by atoms with E-state index in [0.717, 1.165) is 28.5 Å². The molecule has 5 nitrogen and oxygen atoms in total. The number of H-pyrrole nitrogens is 2. The third-order valence-corrected chi connectivity index (χ3v) is 4.70. The highest BCUT2D eigenvalue weighted by atomic mass is 32.1. The molecule has 0 bridgehead atoms. The zero-order valence-electron chi connectivity index (χ0n) is 14.0. The van der Waals surface area contributed by atoms with Gasteiger partial charge in [0.15, 0.2) is 4.77 Å². The number of nitrogens with zero attached hydrogens (tertiary/aromatic N) is 2. The SMILES string of the molecule is COc1ccccc1-n1c(Cc2c(C)[nH]c3ccccc23)n[nH]c1=S. The van der Waals surface area contributed by atoms with Crippen LogP contribution in [0.15, 0.2) is 48.5 Å². The van der Waals surface area contributed by atoms with Crippen molar-refractivity contribution in [1.29, 1.82) is 0 Å². The van der Waals surface area contributed by atoms with Gasteiger partial charge in [0.1, 0.15) is 11.6 Å². The number of methoxy groups -OCH3 is 1. The van der Waals surface area contributed by atoms with Crippen LogP contribution in [0, 0.1) is 11.7 Å². The molecule has 0 amide bonds. The molecule has 2 heterocycles. The second-order valence-electron chi connectivity index (χ2n) is 5.90. The van der Waals surface area contributed by atoms with Crippen molar-refractivity contribution in [1.82, 2.24) is 19.7 Å². The Morgan fingerprint density at radius 1 is 1.12 bits per heavy atom. The molecule has 126 valence electrons. The topological polar surface area (TPSA) is 58.6 Å². The number of aryl methyl sites for hydroxylation is 1. The molecule has 4 aromatic rings. The lowest BCUT2D eigenvalue weighted by Crippen LogP contribution is -2.05. The van der Waals surface area contributed by atoms with E-state index < -0.39 is 0 Å². The predicted octanol–water partition coefficient (Wildman–Crippen LogP) is 4.32. The molecular formula is C19H18N4OS. The highest BCUT2D eigenvalue weighted by Crippen LogP contribution is 2.27. The molecule has 2 aromatic carbocycles. The van der Waals surface area contributed by atoms with E-state index in [4.69, 9.17) is 17.0 Å². The molecule has 0 aliphatic heterocycles. The number of hydrogen-bond acceptors (Lipinski definition) is 3. The fraction of sp³-hybridized carbons (Fsp3) is 0.158. The van der Waals surface area contributed by atoms with E-state index in [1.807, 2.05) is 34.9 Å². The maximum absolute atomic E-state index is 5.49. The Labute approximate surface area is 150 Å². The molecule has 0 spiro atoms. The fourth-order valence-electron chi connectivity index (χ4n) is 3.23. The summed E-state index contributed by atoms with van der Waals surface area (Å²) in [6.45, 7) is 2.09. The summed E-state index contributed by atoms with van der Waals surface area (Å²) in [4.78, 5) is 3.44. The second-order valence-corrected chi connectivity index (χ2v) is 6.29. The van der Waals surface area contributed by atoms with Crippen molar-refractivity contribution in [3.63, 3.8) is 0 Å². The average molecular weight is 350 g/mol. The summed E-state index contributed by atoms with van der Waals surface area (Å²) in [7, 11) is 1.66. The number of aromatic nitrogens is 4. The van der Waals surface area contributed by atoms with Gasteiger partial charge in [-0.1, -0.05) is 30.3 Å². The molecule has 4 rings (SSSR count). The highest BCUT2D eigenvalue weighted by Gasteiger charge is 2.16. The number of hydrogen-bond donors (Lipinski definition) is 2. The van der Waals surface area contributed by atoms with E-state index in [1.54, 1.807) is 7.11 Å². The summed E-state index contributed by atoms with van der Waals surface area (Å²) < 4.78 is 7.99. The van der Waals surface area contributed by atoms with Crippen LogP contribution < -0.4 is 4.74 Å². The number of benzene rings is 2. The first-order chi connectivity index (χ1) is 12.2. The number of rotatable bonds is 4. The summed E-state index contributed by atoms with van der Waals surface area (Å²) in [6.07, 6.45) is 0.668. The van der Waals surface area contributed by atoms with E-state index in [1.165, 1.54) is 10.9 Å². The quantitative estimate of drug-likeness (QED) is 0.539. The minimum atomic E-state index is 0.553. The van der Waals surface area contributed by atoms with Gasteiger partial charge in [0.2, 0.25) is 0 Å². The minimum Gasteiger partial charge on any atom is -0.495 e. The second kappa shape index (κ2) is 6.22. The van der Waals surface area contributed by atoms with Gasteiger partial charge in [0, 0.05) is 23.0 Å². The van der Waals surface area contributed by atoms with Crippen molar-refractivity contribution in [3.05, 3.63) is 70.4 Å². The molecule has 0 fully saturated rings. The molecule has 0 radical (unpaired) electrons. The molecule has 0 aliphatic rings. The monoisotopic (exact) mass is 350 g/mol. The van der Waals surface area contributed by atoms with Gasteiger partial charge in [-0.25, -0.2) is 0 Å². The normalized spacial score (nSPS) is 11.1. The van der Waals surface area contributed by atoms with Gasteiger partial charge in [-0.2, -0.15) is 5.10 Å². The Bertz CT molecular complexity index is 1110. The van der Waals surface area contributed by atoms with Crippen LogP contribution >= 0.6 is 12.2 Å². The van der Waals surface area contributed by atoms with E-state index >= 15 is 0 Å². The van der Waals surface area contributed by atoms with Crippen LogP contribution in [0.5, 0.6) is 5.75 Å². The van der Waals surface area contributed by atoms with E-state index in [9.17, 15) is 0 Å². The summed E-state index contributed by atoms with van der Waals surface area (Å²) in [6, 6.07) is 16.1. The van der Waals surface area contributed by atoms with Crippen molar-refractivity contribution < 1.29 is 4.74 Å². The number of nitrogens with one attached hydrogen (secondary N) is 2. The average Bonchev–Trinajstić information content (AvgIpc) is 3.15. The van der Waals surface area contributed by atoms with Gasteiger partial charge < -0.3 is 9.72 Å². The lowest BCUT2D eigenvalue weighted by atomic mass is 10.1. The molecule has 0 saturated heterocycles. The van der Waals surface area contributed by atoms with E-state index in [-0.39, 0.29) is 0 Å². The van der Waals surface area contributed by atoms with Crippen LogP contribution in [-0.2, 0) is 6.42 Å². The number of para-hydroxylation sites is 3. The lowest BCUT2D eigenvalue weighted by Gasteiger charge is -2.11. The maximum atomic E-state index is 5.49. The third-order valence-electron chi connectivity index (χ3n) is 4.43. The molecule has 0 atom stereocenters. The van der Waals surface area contributed by atoms with Crippen LogP contribution in [0.25, 0.3) is 16.6 Å². The van der Waals surface area contributed by atoms with Crippen LogP contribution in [0.1, 0.15) is 17.1 Å². The predicted molar refractivity (Wildman–Crippen MR) is 101 cm³/mol. The standard InChI is InChI=1S/C19H18N4OS/c1-12-14(13-7-3-4-8-15(13)20-12)11-18-21-22-19(25)23(18)16-9-5-6-10-17(16)24-2/h3-10,20H,11H2,1-2H3,(H,22,25). The van der Waals surface area contributed by atoms with Crippen LogP contribution in [-0.4, -0.2) is 26.9 Å². The Kier molecular flexibility index (Phi) is 3.89. The van der Waals surface area contributed by atoms with Gasteiger partial charge in [0.25, 0.3) is 0 Å². The van der Waals surface area contributed by atoms with Gasteiger partial charge in [0.05, 0.1) is 12.8 Å². The van der Waals surface area contributed by atoms with Crippen LogP contribution in [0.3, 0.4) is 0 Å². The van der Waals surface area contributed by atoms with Crippen molar-refractivity contribution in [2.75, 3.05) is 7.11 Å². The largest absolute Gasteiger partial charge is 0.495 e. The number of aromatic amines is 2. The first-order valence-corrected chi connectivity index (χ1v) is 8.45.